The Morgan fingerprint density at radius 1 is 0.379 bits per heavy atom. The third-order valence-electron chi connectivity index (χ3n) is 12.5. The average Bonchev–Trinajstić information content (AvgIpc) is 3.77. The van der Waals surface area contributed by atoms with E-state index in [0.717, 1.165) is 55.0 Å². The molecule has 2 aromatic heterocycles. The Bertz CT molecular complexity index is 3450. The fraction of sp³-hybridized carbons (Fsp3) is 0.0545. The monoisotopic (exact) mass is 740 g/mol. The Kier molecular flexibility index (Phi) is 6.98. The van der Waals surface area contributed by atoms with Crippen molar-refractivity contribution in [1.29, 1.82) is 0 Å². The van der Waals surface area contributed by atoms with E-state index in [4.69, 9.17) is 14.4 Å². The Morgan fingerprint density at radius 2 is 0.879 bits per heavy atom. The second kappa shape index (κ2) is 12.3. The summed E-state index contributed by atoms with van der Waals surface area (Å²) in [6, 6.07) is 63.4. The van der Waals surface area contributed by atoms with Gasteiger partial charge in [-0.1, -0.05) is 153 Å². The number of aromatic nitrogens is 2. The molecule has 0 aliphatic heterocycles. The van der Waals surface area contributed by atoms with Crippen LogP contribution in [0.4, 0.5) is 0 Å². The molecule has 1 aliphatic carbocycles. The van der Waals surface area contributed by atoms with Gasteiger partial charge < -0.3 is 4.42 Å². The fourth-order valence-corrected chi connectivity index (χ4v) is 9.48. The van der Waals surface area contributed by atoms with Crippen LogP contribution in [-0.4, -0.2) is 9.97 Å². The molecule has 3 heteroatoms. The van der Waals surface area contributed by atoms with Crippen LogP contribution in [0.5, 0.6) is 0 Å². The molecule has 0 saturated heterocycles. The van der Waals surface area contributed by atoms with Gasteiger partial charge in [0.25, 0.3) is 0 Å². The second-order valence-electron chi connectivity index (χ2n) is 16.2. The summed E-state index contributed by atoms with van der Waals surface area (Å²) in [6.07, 6.45) is 1.93. The van der Waals surface area contributed by atoms with Crippen molar-refractivity contribution in [1.82, 2.24) is 9.97 Å². The van der Waals surface area contributed by atoms with Gasteiger partial charge in [0, 0.05) is 32.5 Å². The van der Waals surface area contributed by atoms with E-state index in [0.29, 0.717) is 0 Å². The number of para-hydroxylation sites is 1. The minimum Gasteiger partial charge on any atom is -0.456 e. The lowest BCUT2D eigenvalue weighted by Crippen LogP contribution is -2.15. The third-order valence-corrected chi connectivity index (χ3v) is 12.5. The molecule has 9 aromatic carbocycles. The zero-order chi connectivity index (χ0) is 38.5. The van der Waals surface area contributed by atoms with Gasteiger partial charge in [0.15, 0.2) is 0 Å². The van der Waals surface area contributed by atoms with Crippen molar-refractivity contribution in [2.24, 2.45) is 0 Å². The van der Waals surface area contributed by atoms with E-state index in [9.17, 15) is 0 Å². The maximum Gasteiger partial charge on any atom is 0.135 e. The van der Waals surface area contributed by atoms with E-state index in [1.165, 1.54) is 66.4 Å². The number of fused-ring (bicyclic) bond motifs is 12. The van der Waals surface area contributed by atoms with Crippen molar-refractivity contribution in [3.05, 3.63) is 193 Å². The zero-order valence-electron chi connectivity index (χ0n) is 32.1. The number of nitrogens with zero attached hydrogens (tertiary/aromatic N) is 2. The first-order chi connectivity index (χ1) is 28.5. The molecule has 2 heterocycles. The molecule has 58 heavy (non-hydrogen) atoms. The van der Waals surface area contributed by atoms with Crippen molar-refractivity contribution in [2.45, 2.75) is 19.3 Å². The number of rotatable bonds is 4. The molecule has 0 saturated carbocycles. The molecule has 3 nitrogen and oxygen atoms in total. The third kappa shape index (κ3) is 4.93. The Balaban J connectivity index is 0.863. The van der Waals surface area contributed by atoms with Crippen LogP contribution >= 0.6 is 0 Å². The summed E-state index contributed by atoms with van der Waals surface area (Å²) in [7, 11) is 0. The van der Waals surface area contributed by atoms with E-state index in [1.807, 2.05) is 18.3 Å². The molecule has 0 radical (unpaired) electrons. The number of hydrogen-bond donors (Lipinski definition) is 0. The topological polar surface area (TPSA) is 38.9 Å². The summed E-state index contributed by atoms with van der Waals surface area (Å²) in [4.78, 5) is 10.3. The SMILES string of the molecule is CC1(C)c2cc(-c3ccc(-c4ccc5oc6ccccc6c5c4)cc3)ccc2-c2ccc(-c3cccc(-c4cnc5c6ccccc6c6ccccc6c5n4)c3)cc21. The zero-order valence-corrected chi connectivity index (χ0v) is 32.1. The second-order valence-corrected chi connectivity index (χ2v) is 16.2. The van der Waals surface area contributed by atoms with Crippen molar-refractivity contribution < 1.29 is 4.42 Å². The quantitative estimate of drug-likeness (QED) is 0.169. The Morgan fingerprint density at radius 3 is 1.57 bits per heavy atom. The first-order valence-corrected chi connectivity index (χ1v) is 20.0. The van der Waals surface area contributed by atoms with Gasteiger partial charge in [-0.25, -0.2) is 4.98 Å². The van der Waals surface area contributed by atoms with Crippen LogP contribution in [0.1, 0.15) is 25.0 Å². The highest BCUT2D eigenvalue weighted by Crippen LogP contribution is 2.51. The molecule has 0 unspecified atom stereocenters. The molecular weight excluding hydrogens is 705 g/mol. The normalized spacial score (nSPS) is 13.1. The molecule has 0 amide bonds. The first-order valence-electron chi connectivity index (χ1n) is 20.0. The van der Waals surface area contributed by atoms with E-state index in [-0.39, 0.29) is 5.41 Å². The predicted octanol–water partition coefficient (Wildman–Crippen LogP) is 14.8. The van der Waals surface area contributed by atoms with Crippen LogP contribution in [0.3, 0.4) is 0 Å². The summed E-state index contributed by atoms with van der Waals surface area (Å²) in [6.45, 7) is 4.72. The minimum absolute atomic E-state index is 0.162. The van der Waals surface area contributed by atoms with Gasteiger partial charge in [-0.05, 0) is 103 Å². The lowest BCUT2D eigenvalue weighted by Gasteiger charge is -2.22. The van der Waals surface area contributed by atoms with E-state index < -0.39 is 0 Å². The molecule has 0 N–H and O–H groups in total. The smallest absolute Gasteiger partial charge is 0.135 e. The van der Waals surface area contributed by atoms with Crippen molar-refractivity contribution in [3.63, 3.8) is 0 Å². The highest BCUT2D eigenvalue weighted by Gasteiger charge is 2.36. The van der Waals surface area contributed by atoms with E-state index in [1.54, 1.807) is 0 Å². The van der Waals surface area contributed by atoms with Gasteiger partial charge in [-0.15, -0.1) is 0 Å². The highest BCUT2D eigenvalue weighted by atomic mass is 16.3. The summed E-state index contributed by atoms with van der Waals surface area (Å²) in [5.41, 5.74) is 18.0. The standard InChI is InChI=1S/C55H36N2O/c1-55(2)48-30-37(34-20-18-33(19-21-34)36-24-27-52-47(29-36)44-14-7-8-17-51(44)58-52)22-25-42(48)43-26-23-38(31-49(43)55)35-10-9-11-39(28-35)50-32-56-53-45-15-5-3-12-40(45)41-13-4-6-16-46(41)54(53)57-50/h3-32H,1-2H3. The number of furan rings is 1. The van der Waals surface area contributed by atoms with Gasteiger partial charge in [-0.3, -0.25) is 4.98 Å². The Labute approximate surface area is 335 Å². The van der Waals surface area contributed by atoms with Crippen molar-refractivity contribution >= 4 is 54.5 Å². The van der Waals surface area contributed by atoms with Crippen LogP contribution in [0, 0.1) is 0 Å². The molecular formula is C55H36N2O. The van der Waals surface area contributed by atoms with Crippen molar-refractivity contribution in [2.75, 3.05) is 0 Å². The molecule has 1 aliphatic rings. The number of hydrogen-bond acceptors (Lipinski definition) is 3. The molecule has 0 bridgehead atoms. The van der Waals surface area contributed by atoms with Gasteiger partial charge in [0.1, 0.15) is 11.2 Å². The molecule has 0 spiro atoms. The average molecular weight is 741 g/mol. The maximum absolute atomic E-state index is 6.08. The number of benzene rings is 9. The van der Waals surface area contributed by atoms with Crippen LogP contribution in [0.2, 0.25) is 0 Å². The predicted molar refractivity (Wildman–Crippen MR) is 241 cm³/mol. The van der Waals surface area contributed by atoms with Gasteiger partial charge >= 0.3 is 0 Å². The summed E-state index contributed by atoms with van der Waals surface area (Å²) in [5, 5.41) is 6.96. The first kappa shape index (κ1) is 32.8. The fourth-order valence-electron chi connectivity index (χ4n) is 9.48. The maximum atomic E-state index is 6.08. The van der Waals surface area contributed by atoms with Crippen molar-refractivity contribution in [3.8, 4) is 55.8 Å². The lowest BCUT2D eigenvalue weighted by molar-refractivity contribution is 0.661. The Hall–Kier alpha value is -7.36. The minimum atomic E-state index is -0.162. The molecule has 11 aromatic rings. The molecule has 0 fully saturated rings. The lowest BCUT2D eigenvalue weighted by atomic mass is 9.80. The van der Waals surface area contributed by atoms with E-state index in [2.05, 4.69) is 178 Å². The molecule has 0 atom stereocenters. The van der Waals surface area contributed by atoms with Crippen LogP contribution < -0.4 is 0 Å². The summed E-state index contributed by atoms with van der Waals surface area (Å²) in [5.74, 6) is 0. The largest absolute Gasteiger partial charge is 0.456 e. The molecule has 12 rings (SSSR count). The van der Waals surface area contributed by atoms with Gasteiger partial charge in [-0.2, -0.15) is 0 Å². The summed E-state index contributed by atoms with van der Waals surface area (Å²) < 4.78 is 6.08. The van der Waals surface area contributed by atoms with Gasteiger partial charge in [0.2, 0.25) is 0 Å². The molecule has 272 valence electrons. The van der Waals surface area contributed by atoms with Crippen LogP contribution in [0.15, 0.2) is 187 Å². The van der Waals surface area contributed by atoms with Crippen LogP contribution in [-0.2, 0) is 5.41 Å². The highest BCUT2D eigenvalue weighted by molar-refractivity contribution is 6.23. The van der Waals surface area contributed by atoms with Gasteiger partial charge in [0.05, 0.1) is 22.9 Å². The van der Waals surface area contributed by atoms with Crippen LogP contribution in [0.25, 0.3) is 110 Å². The summed E-state index contributed by atoms with van der Waals surface area (Å²) >= 11 is 0. The van der Waals surface area contributed by atoms with E-state index >= 15 is 0 Å².